The molecule has 1 aliphatic rings. The van der Waals surface area contributed by atoms with E-state index < -0.39 is 6.10 Å². The first-order chi connectivity index (χ1) is 3.75. The Morgan fingerprint density at radius 2 is 2.50 bits per heavy atom. The summed E-state index contributed by atoms with van der Waals surface area (Å²) in [6.07, 6.45) is 0.0249. The molecule has 0 heterocycles. The average molecular weight is 109 g/mol. The summed E-state index contributed by atoms with van der Waals surface area (Å²) in [5.74, 6) is 0.0833. The van der Waals surface area contributed by atoms with Gasteiger partial charge in [0.05, 0.1) is 6.07 Å². The Balaban J connectivity index is 2.42. The lowest BCUT2D eigenvalue weighted by atomic mass is 10.2. The molecule has 0 aliphatic heterocycles. The SMILES string of the molecule is C=C1C[C@@H]1C(O)C#N. The molecule has 0 saturated heterocycles. The topological polar surface area (TPSA) is 44.0 Å². The third-order valence-corrected chi connectivity index (χ3v) is 1.36. The van der Waals surface area contributed by atoms with E-state index in [0.717, 1.165) is 12.0 Å². The van der Waals surface area contributed by atoms with Crippen molar-refractivity contribution in [3.8, 4) is 6.07 Å². The molecule has 0 aromatic rings. The number of nitriles is 1. The van der Waals surface area contributed by atoms with Crippen LogP contribution in [0.5, 0.6) is 0 Å². The molecule has 1 unspecified atom stereocenters. The number of aliphatic hydroxyl groups excluding tert-OH is 1. The maximum atomic E-state index is 8.75. The lowest BCUT2D eigenvalue weighted by Crippen LogP contribution is -2.03. The fourth-order valence-corrected chi connectivity index (χ4v) is 0.648. The molecule has 1 aliphatic carbocycles. The summed E-state index contributed by atoms with van der Waals surface area (Å²) < 4.78 is 0. The Hall–Kier alpha value is -0.810. The van der Waals surface area contributed by atoms with E-state index in [1.54, 1.807) is 6.07 Å². The first-order valence-corrected chi connectivity index (χ1v) is 2.51. The lowest BCUT2D eigenvalue weighted by Gasteiger charge is -1.90. The Kier molecular flexibility index (Phi) is 1.07. The van der Waals surface area contributed by atoms with E-state index in [4.69, 9.17) is 10.4 Å². The number of aliphatic hydroxyl groups is 1. The van der Waals surface area contributed by atoms with Gasteiger partial charge in [-0.1, -0.05) is 12.2 Å². The van der Waals surface area contributed by atoms with Crippen LogP contribution in [0.4, 0.5) is 0 Å². The molecule has 1 N–H and O–H groups in total. The zero-order valence-electron chi connectivity index (χ0n) is 4.46. The summed E-state index contributed by atoms with van der Waals surface area (Å²) in [5, 5.41) is 16.9. The standard InChI is InChI=1S/C6H7NO/c1-4-2-5(4)6(8)3-7/h5-6,8H,1-2H2/t5-,6?/m0/s1. The van der Waals surface area contributed by atoms with E-state index in [1.165, 1.54) is 0 Å². The van der Waals surface area contributed by atoms with Gasteiger partial charge >= 0.3 is 0 Å². The van der Waals surface area contributed by atoms with Crippen LogP contribution in [0, 0.1) is 17.2 Å². The second kappa shape index (κ2) is 1.61. The molecule has 0 radical (unpaired) electrons. The minimum Gasteiger partial charge on any atom is -0.377 e. The van der Waals surface area contributed by atoms with Crippen LogP contribution in [-0.2, 0) is 0 Å². The molecule has 2 nitrogen and oxygen atoms in total. The van der Waals surface area contributed by atoms with Gasteiger partial charge in [-0.2, -0.15) is 5.26 Å². The van der Waals surface area contributed by atoms with Crippen molar-refractivity contribution in [3.05, 3.63) is 12.2 Å². The van der Waals surface area contributed by atoms with Crippen molar-refractivity contribution in [3.63, 3.8) is 0 Å². The summed E-state index contributed by atoms with van der Waals surface area (Å²) in [6, 6.07) is 1.75. The monoisotopic (exact) mass is 109 g/mol. The predicted molar refractivity (Wildman–Crippen MR) is 28.9 cm³/mol. The highest BCUT2D eigenvalue weighted by Gasteiger charge is 2.34. The van der Waals surface area contributed by atoms with Crippen LogP contribution >= 0.6 is 0 Å². The molecule has 0 aromatic heterocycles. The molecule has 0 bridgehead atoms. The van der Waals surface area contributed by atoms with Gasteiger partial charge in [-0.3, -0.25) is 0 Å². The summed E-state index contributed by atoms with van der Waals surface area (Å²) >= 11 is 0. The van der Waals surface area contributed by atoms with Crippen LogP contribution in [0.2, 0.25) is 0 Å². The zero-order chi connectivity index (χ0) is 6.15. The third kappa shape index (κ3) is 0.728. The molecular weight excluding hydrogens is 102 g/mol. The lowest BCUT2D eigenvalue weighted by molar-refractivity contribution is 0.211. The van der Waals surface area contributed by atoms with Crippen LogP contribution in [-0.4, -0.2) is 11.2 Å². The van der Waals surface area contributed by atoms with Gasteiger partial charge < -0.3 is 5.11 Å². The Morgan fingerprint density at radius 1 is 2.00 bits per heavy atom. The molecular formula is C6H7NO. The highest BCUT2D eigenvalue weighted by atomic mass is 16.3. The largest absolute Gasteiger partial charge is 0.377 e. The van der Waals surface area contributed by atoms with E-state index in [-0.39, 0.29) is 5.92 Å². The number of rotatable bonds is 1. The van der Waals surface area contributed by atoms with Crippen molar-refractivity contribution < 1.29 is 5.11 Å². The van der Waals surface area contributed by atoms with Crippen molar-refractivity contribution in [2.75, 3.05) is 0 Å². The summed E-state index contributed by atoms with van der Waals surface area (Å²) in [7, 11) is 0. The van der Waals surface area contributed by atoms with E-state index >= 15 is 0 Å². The van der Waals surface area contributed by atoms with Gasteiger partial charge in [0.25, 0.3) is 0 Å². The van der Waals surface area contributed by atoms with Gasteiger partial charge in [0.2, 0.25) is 0 Å². The third-order valence-electron chi connectivity index (χ3n) is 1.36. The van der Waals surface area contributed by atoms with Crippen LogP contribution in [0.1, 0.15) is 6.42 Å². The minimum absolute atomic E-state index is 0.0833. The van der Waals surface area contributed by atoms with Crippen molar-refractivity contribution >= 4 is 0 Å². The maximum Gasteiger partial charge on any atom is 0.147 e. The van der Waals surface area contributed by atoms with Crippen LogP contribution in [0.3, 0.4) is 0 Å². The Morgan fingerprint density at radius 3 is 2.62 bits per heavy atom. The van der Waals surface area contributed by atoms with E-state index in [1.807, 2.05) is 0 Å². The average Bonchev–Trinajstić information content (AvgIpc) is 2.45. The molecule has 1 fully saturated rings. The summed E-state index contributed by atoms with van der Waals surface area (Å²) in [4.78, 5) is 0. The Labute approximate surface area is 48.1 Å². The van der Waals surface area contributed by atoms with Gasteiger partial charge in [0.15, 0.2) is 0 Å². The number of nitrogens with zero attached hydrogens (tertiary/aromatic N) is 1. The molecule has 0 spiro atoms. The fourth-order valence-electron chi connectivity index (χ4n) is 0.648. The normalized spacial score (nSPS) is 29.0. The molecule has 2 heteroatoms. The second-order valence-corrected chi connectivity index (χ2v) is 2.04. The molecule has 0 amide bonds. The highest BCUT2D eigenvalue weighted by Crippen LogP contribution is 2.38. The molecule has 1 saturated carbocycles. The number of hydrogen-bond acceptors (Lipinski definition) is 2. The molecule has 2 atom stereocenters. The van der Waals surface area contributed by atoms with E-state index in [0.29, 0.717) is 0 Å². The summed E-state index contributed by atoms with van der Waals surface area (Å²) in [5.41, 5.74) is 0.999. The number of hydrogen-bond donors (Lipinski definition) is 1. The van der Waals surface area contributed by atoms with Crippen molar-refractivity contribution in [1.29, 1.82) is 5.26 Å². The maximum absolute atomic E-state index is 8.75. The molecule has 1 rings (SSSR count). The van der Waals surface area contributed by atoms with Crippen molar-refractivity contribution in [1.82, 2.24) is 0 Å². The first kappa shape index (κ1) is 5.33. The van der Waals surface area contributed by atoms with E-state index in [2.05, 4.69) is 6.58 Å². The van der Waals surface area contributed by atoms with Gasteiger partial charge in [-0.15, -0.1) is 0 Å². The van der Waals surface area contributed by atoms with E-state index in [9.17, 15) is 0 Å². The molecule has 8 heavy (non-hydrogen) atoms. The summed E-state index contributed by atoms with van der Waals surface area (Å²) in [6.45, 7) is 3.61. The van der Waals surface area contributed by atoms with Crippen LogP contribution < -0.4 is 0 Å². The molecule has 0 aromatic carbocycles. The Bertz CT molecular complexity index is 156. The zero-order valence-corrected chi connectivity index (χ0v) is 4.46. The highest BCUT2D eigenvalue weighted by molar-refractivity contribution is 5.24. The fraction of sp³-hybridized carbons (Fsp3) is 0.500. The van der Waals surface area contributed by atoms with Crippen LogP contribution in [0.15, 0.2) is 12.2 Å². The van der Waals surface area contributed by atoms with Crippen molar-refractivity contribution in [2.24, 2.45) is 5.92 Å². The van der Waals surface area contributed by atoms with Crippen molar-refractivity contribution in [2.45, 2.75) is 12.5 Å². The van der Waals surface area contributed by atoms with Gasteiger partial charge in [0, 0.05) is 5.92 Å². The second-order valence-electron chi connectivity index (χ2n) is 2.04. The first-order valence-electron chi connectivity index (χ1n) is 2.51. The van der Waals surface area contributed by atoms with Gasteiger partial charge in [0.1, 0.15) is 6.10 Å². The minimum atomic E-state index is -0.803. The van der Waals surface area contributed by atoms with Crippen LogP contribution in [0.25, 0.3) is 0 Å². The smallest absolute Gasteiger partial charge is 0.147 e. The van der Waals surface area contributed by atoms with Gasteiger partial charge in [-0.05, 0) is 6.42 Å². The predicted octanol–water partition coefficient (Wildman–Crippen LogP) is 0.447. The quantitative estimate of drug-likeness (QED) is 0.392. The molecule has 42 valence electrons. The van der Waals surface area contributed by atoms with Gasteiger partial charge in [-0.25, -0.2) is 0 Å².